The van der Waals surface area contributed by atoms with E-state index >= 15 is 0 Å². The Bertz CT molecular complexity index is 852. The first-order valence-corrected chi connectivity index (χ1v) is 9.35. The number of amides is 2. The van der Waals surface area contributed by atoms with Crippen LogP contribution < -0.4 is 15.4 Å². The Hall–Kier alpha value is -3.06. The summed E-state index contributed by atoms with van der Waals surface area (Å²) in [6, 6.07) is 12.6. The molecule has 2 aromatic carbocycles. The summed E-state index contributed by atoms with van der Waals surface area (Å²) in [5, 5.41) is 5.73. The first kappa shape index (κ1) is 22.2. The third-order valence-corrected chi connectivity index (χ3v) is 4.35. The van der Waals surface area contributed by atoms with E-state index in [9.17, 15) is 14.4 Å². The van der Waals surface area contributed by atoms with Crippen LogP contribution in [-0.4, -0.2) is 37.0 Å². The standard InChI is InChI=1S/C21H23ClN2O5/c1-13(24-20(26)16-6-8-17(22)9-7-16)21(27)29-14(2)19(25)23-12-15-4-10-18(28-3)11-5-15/h4-11,13-14H,12H2,1-3H3,(H,23,25)(H,24,26)/t13-,14-/m0/s1. The molecule has 0 aromatic heterocycles. The number of esters is 1. The lowest BCUT2D eigenvalue weighted by Gasteiger charge is -2.17. The fourth-order valence-corrected chi connectivity index (χ4v) is 2.47. The highest BCUT2D eigenvalue weighted by molar-refractivity contribution is 6.30. The Labute approximate surface area is 174 Å². The maximum atomic E-state index is 12.2. The van der Waals surface area contributed by atoms with Crippen molar-refractivity contribution in [1.29, 1.82) is 0 Å². The van der Waals surface area contributed by atoms with Gasteiger partial charge in [0, 0.05) is 17.1 Å². The van der Waals surface area contributed by atoms with Crippen molar-refractivity contribution in [1.82, 2.24) is 10.6 Å². The van der Waals surface area contributed by atoms with Gasteiger partial charge in [0.15, 0.2) is 6.10 Å². The molecule has 154 valence electrons. The predicted octanol–water partition coefficient (Wildman–Crippen LogP) is 2.72. The average Bonchev–Trinajstić information content (AvgIpc) is 2.72. The fraction of sp³-hybridized carbons (Fsp3) is 0.286. The molecule has 0 spiro atoms. The van der Waals surface area contributed by atoms with E-state index in [1.165, 1.54) is 13.8 Å². The molecule has 0 aliphatic rings. The van der Waals surface area contributed by atoms with Crippen molar-refractivity contribution in [3.8, 4) is 5.75 Å². The molecule has 0 unspecified atom stereocenters. The maximum Gasteiger partial charge on any atom is 0.329 e. The lowest BCUT2D eigenvalue weighted by atomic mass is 10.2. The third-order valence-electron chi connectivity index (χ3n) is 4.10. The number of carbonyl (C=O) groups excluding carboxylic acids is 3. The number of nitrogens with one attached hydrogen (secondary N) is 2. The molecule has 0 aliphatic heterocycles. The molecule has 0 aliphatic carbocycles. The minimum atomic E-state index is -1.00. The normalized spacial score (nSPS) is 12.4. The van der Waals surface area contributed by atoms with E-state index in [-0.39, 0.29) is 6.54 Å². The molecule has 0 saturated carbocycles. The molecule has 2 N–H and O–H groups in total. The van der Waals surface area contributed by atoms with Crippen molar-refractivity contribution in [2.45, 2.75) is 32.5 Å². The number of methoxy groups -OCH3 is 1. The topological polar surface area (TPSA) is 93.7 Å². The Balaban J connectivity index is 1.80. The number of rotatable bonds is 8. The van der Waals surface area contributed by atoms with Gasteiger partial charge in [-0.1, -0.05) is 23.7 Å². The SMILES string of the molecule is COc1ccc(CNC(=O)[C@H](C)OC(=O)[C@H](C)NC(=O)c2ccc(Cl)cc2)cc1. The van der Waals surface area contributed by atoms with E-state index in [0.717, 1.165) is 11.3 Å². The molecule has 0 radical (unpaired) electrons. The van der Waals surface area contributed by atoms with Crippen LogP contribution >= 0.6 is 11.6 Å². The van der Waals surface area contributed by atoms with E-state index in [0.29, 0.717) is 10.6 Å². The van der Waals surface area contributed by atoms with Gasteiger partial charge in [0.05, 0.1) is 7.11 Å². The molecule has 7 nitrogen and oxygen atoms in total. The smallest absolute Gasteiger partial charge is 0.329 e. The number of benzene rings is 2. The third kappa shape index (κ3) is 6.80. The predicted molar refractivity (Wildman–Crippen MR) is 109 cm³/mol. The Morgan fingerprint density at radius 2 is 1.62 bits per heavy atom. The van der Waals surface area contributed by atoms with Gasteiger partial charge in [-0.25, -0.2) is 4.79 Å². The highest BCUT2D eigenvalue weighted by Crippen LogP contribution is 2.11. The van der Waals surface area contributed by atoms with E-state index < -0.39 is 29.9 Å². The summed E-state index contributed by atoms with van der Waals surface area (Å²) in [7, 11) is 1.58. The van der Waals surface area contributed by atoms with Crippen LogP contribution in [0.3, 0.4) is 0 Å². The second-order valence-electron chi connectivity index (χ2n) is 6.35. The molecular formula is C21H23ClN2O5. The highest BCUT2D eigenvalue weighted by atomic mass is 35.5. The van der Waals surface area contributed by atoms with Gasteiger partial charge in [-0.2, -0.15) is 0 Å². The summed E-state index contributed by atoms with van der Waals surface area (Å²) in [5.74, 6) is -0.871. The molecule has 2 atom stereocenters. The van der Waals surface area contributed by atoms with Gasteiger partial charge in [-0.15, -0.1) is 0 Å². The Kier molecular flexibility index (Phi) is 8.03. The van der Waals surface area contributed by atoms with Crippen LogP contribution in [0.25, 0.3) is 0 Å². The maximum absolute atomic E-state index is 12.2. The zero-order chi connectivity index (χ0) is 21.4. The number of carbonyl (C=O) groups is 3. The van der Waals surface area contributed by atoms with E-state index in [2.05, 4.69) is 10.6 Å². The average molecular weight is 419 g/mol. The monoisotopic (exact) mass is 418 g/mol. The van der Waals surface area contributed by atoms with Gasteiger partial charge >= 0.3 is 5.97 Å². The molecule has 8 heteroatoms. The zero-order valence-electron chi connectivity index (χ0n) is 16.4. The first-order valence-electron chi connectivity index (χ1n) is 8.97. The van der Waals surface area contributed by atoms with E-state index in [4.69, 9.17) is 21.1 Å². The minimum absolute atomic E-state index is 0.285. The van der Waals surface area contributed by atoms with Crippen LogP contribution in [0, 0.1) is 0 Å². The molecule has 0 heterocycles. The molecule has 0 fully saturated rings. The molecule has 2 rings (SSSR count). The highest BCUT2D eigenvalue weighted by Gasteiger charge is 2.23. The van der Waals surface area contributed by atoms with Gasteiger partial charge in [0.2, 0.25) is 0 Å². The quantitative estimate of drug-likeness (QED) is 0.643. The molecule has 0 saturated heterocycles. The fourth-order valence-electron chi connectivity index (χ4n) is 2.35. The van der Waals surface area contributed by atoms with Gasteiger partial charge in [0.1, 0.15) is 11.8 Å². The second kappa shape index (κ2) is 10.5. The summed E-state index contributed by atoms with van der Waals surface area (Å²) in [5.41, 5.74) is 1.24. The first-order chi connectivity index (χ1) is 13.8. The summed E-state index contributed by atoms with van der Waals surface area (Å²) in [6.45, 7) is 3.24. The number of halogens is 1. The van der Waals surface area contributed by atoms with Gasteiger partial charge < -0.3 is 20.1 Å². The Morgan fingerprint density at radius 3 is 2.21 bits per heavy atom. The minimum Gasteiger partial charge on any atom is -0.497 e. The molecular weight excluding hydrogens is 396 g/mol. The van der Waals surface area contributed by atoms with Crippen molar-refractivity contribution in [2.75, 3.05) is 7.11 Å². The van der Waals surface area contributed by atoms with Crippen LogP contribution in [0.5, 0.6) is 5.75 Å². The largest absolute Gasteiger partial charge is 0.497 e. The van der Waals surface area contributed by atoms with E-state index in [1.807, 2.05) is 12.1 Å². The number of ether oxygens (including phenoxy) is 2. The lowest BCUT2D eigenvalue weighted by molar-refractivity contribution is -0.156. The molecule has 2 amide bonds. The van der Waals surface area contributed by atoms with Crippen LogP contribution in [0.1, 0.15) is 29.8 Å². The Morgan fingerprint density at radius 1 is 1.00 bits per heavy atom. The molecule has 0 bridgehead atoms. The van der Waals surface area contributed by atoms with Crippen molar-refractivity contribution < 1.29 is 23.9 Å². The van der Waals surface area contributed by atoms with Gasteiger partial charge in [-0.3, -0.25) is 9.59 Å². The molecule has 29 heavy (non-hydrogen) atoms. The van der Waals surface area contributed by atoms with Crippen molar-refractivity contribution in [2.24, 2.45) is 0 Å². The summed E-state index contributed by atoms with van der Waals surface area (Å²) in [4.78, 5) is 36.5. The summed E-state index contributed by atoms with van der Waals surface area (Å²) < 4.78 is 10.2. The summed E-state index contributed by atoms with van der Waals surface area (Å²) in [6.07, 6.45) is -1.00. The van der Waals surface area contributed by atoms with Crippen molar-refractivity contribution in [3.63, 3.8) is 0 Å². The van der Waals surface area contributed by atoms with Crippen molar-refractivity contribution >= 4 is 29.4 Å². The lowest BCUT2D eigenvalue weighted by Crippen LogP contribution is -2.43. The van der Waals surface area contributed by atoms with Crippen LogP contribution in [0.15, 0.2) is 48.5 Å². The zero-order valence-corrected chi connectivity index (χ0v) is 17.2. The van der Waals surface area contributed by atoms with Crippen LogP contribution in [0.2, 0.25) is 5.02 Å². The summed E-state index contributed by atoms with van der Waals surface area (Å²) >= 11 is 5.79. The second-order valence-corrected chi connectivity index (χ2v) is 6.78. The number of hydrogen-bond donors (Lipinski definition) is 2. The van der Waals surface area contributed by atoms with Crippen molar-refractivity contribution in [3.05, 3.63) is 64.7 Å². The number of hydrogen-bond acceptors (Lipinski definition) is 5. The van der Waals surface area contributed by atoms with Gasteiger partial charge in [0.25, 0.3) is 11.8 Å². The van der Waals surface area contributed by atoms with Crippen LogP contribution in [0.4, 0.5) is 0 Å². The van der Waals surface area contributed by atoms with Gasteiger partial charge in [-0.05, 0) is 55.8 Å². The van der Waals surface area contributed by atoms with E-state index in [1.54, 1.807) is 43.5 Å². The molecule has 2 aromatic rings. The van der Waals surface area contributed by atoms with Crippen LogP contribution in [-0.2, 0) is 20.9 Å².